The van der Waals surface area contributed by atoms with E-state index in [1.807, 2.05) is 116 Å². The van der Waals surface area contributed by atoms with Gasteiger partial charge < -0.3 is 61.8 Å². The van der Waals surface area contributed by atoms with E-state index < -0.39 is 129 Å². The van der Waals surface area contributed by atoms with Gasteiger partial charge in [-0.3, -0.25) is 38.4 Å². The summed E-state index contributed by atoms with van der Waals surface area (Å²) in [6.07, 6.45) is 32.9. The van der Waals surface area contributed by atoms with Crippen LogP contribution in [0.25, 0.3) is 0 Å². The first-order chi connectivity index (χ1) is 37.2. The molecule has 10 N–H and O–H groups in total. The second-order valence-corrected chi connectivity index (χ2v) is 23.9. The fourth-order valence-electron chi connectivity index (χ4n) is 6.27. The molecule has 4 atom stereocenters. The summed E-state index contributed by atoms with van der Waals surface area (Å²) in [5.74, 6) is -9.29. The quantitative estimate of drug-likeness (QED) is 0.0202. The average Bonchev–Trinajstić information content (AvgIpc) is 4.26. The van der Waals surface area contributed by atoms with Crippen LogP contribution in [0.15, 0.2) is 0 Å². The summed E-state index contributed by atoms with van der Waals surface area (Å²) in [5, 5.41) is 51.6. The van der Waals surface area contributed by atoms with Gasteiger partial charge in [-0.25, -0.2) is 16.8 Å². The maximum Gasteiger partial charge on any atom is 2.00 e. The number of nitrogens with one attached hydrogen (secondary N) is 6. The van der Waals surface area contributed by atoms with E-state index in [2.05, 4.69) is 31.9 Å². The molecule has 0 spiro atoms. The molecule has 0 heterocycles. The van der Waals surface area contributed by atoms with Crippen molar-refractivity contribution in [3.8, 4) is 0 Å². The van der Waals surface area contributed by atoms with E-state index in [0.717, 1.165) is 33.4 Å². The molecule has 4 aliphatic rings. The van der Waals surface area contributed by atoms with Crippen LogP contribution in [-0.4, -0.2) is 196 Å². The van der Waals surface area contributed by atoms with Crippen molar-refractivity contribution in [2.75, 3.05) is 87.1 Å². The molecule has 0 aromatic rings. The van der Waals surface area contributed by atoms with Crippen molar-refractivity contribution in [1.29, 1.82) is 0 Å². The predicted molar refractivity (Wildman–Crippen MR) is 290 cm³/mol. The van der Waals surface area contributed by atoms with Crippen molar-refractivity contribution in [1.82, 2.24) is 31.9 Å². The molecule has 4 fully saturated rings. The first-order valence-electron chi connectivity index (χ1n) is 24.2. The summed E-state index contributed by atoms with van der Waals surface area (Å²) in [7, 11) is -5.49. The fourth-order valence-corrected chi connectivity index (χ4v) is 10.6. The van der Waals surface area contributed by atoms with Gasteiger partial charge in [-0.2, -0.15) is 0 Å². The molecule has 30 heteroatoms. The number of ether oxygens (including phenoxy) is 2. The first kappa shape index (κ1) is 77.2. The van der Waals surface area contributed by atoms with E-state index in [4.69, 9.17) is 19.7 Å². The molecule has 4 rings (SSSR count). The molecule has 0 aromatic heterocycles. The van der Waals surface area contributed by atoms with Crippen LogP contribution in [0.5, 0.6) is 0 Å². The summed E-state index contributed by atoms with van der Waals surface area (Å²) in [6, 6.07) is -5.53. The van der Waals surface area contributed by atoms with Crippen molar-refractivity contribution >= 4 is 88.8 Å². The molecule has 0 aromatic carbocycles. The Balaban J connectivity index is 0.00000465. The van der Waals surface area contributed by atoms with Gasteiger partial charge in [0, 0.05) is 49.3 Å². The summed E-state index contributed by atoms with van der Waals surface area (Å²) in [5.41, 5.74) is 0. The average molecular weight is 1280 g/mol. The smallest absolute Gasteiger partial charge is 0.480 e. The standard InChI is InChI=1S/C40H58N6O18S4.2C5H5.2Fe/c47-33(11-9-29(39(55)56)41-13-17-67(59,60)19-15-63-23-27-5-1-2-6-27)45-31(37(53)43-21-35(49)50)25-65-66-26-32(38(54)44-22-36(51)52)46-34(48)12-10-30(40(57)58)42-14-18-68(61,62)20-16-64-24-28-7-3-4-8-28;2*1-2-4-5-3-1;;/h1-8,29-32,41-42H,9-26H2,(H,43,53)(H,44,54)(H,45,47)(H,46,48)(H,49,50)(H,51,52)(H,55,56)(H,57,58);2*1-5H;;/q;;;2*+2/t29-,30-,31-,32-;;;;/m0..../s1. The second-order valence-electron chi connectivity index (χ2n) is 16.7. The number of rotatable bonds is 39. The Labute approximate surface area is 501 Å². The van der Waals surface area contributed by atoms with Gasteiger partial charge in [0.1, 0.15) is 37.3 Å². The minimum Gasteiger partial charge on any atom is -0.480 e. The summed E-state index contributed by atoms with van der Waals surface area (Å²) >= 11 is 0. The van der Waals surface area contributed by atoms with Crippen LogP contribution >= 0.6 is 21.6 Å². The molecule has 4 aliphatic carbocycles. The zero-order chi connectivity index (χ0) is 57.6. The normalized spacial score (nSPS) is 16.9. The van der Waals surface area contributed by atoms with Crippen LogP contribution in [0.4, 0.5) is 0 Å². The van der Waals surface area contributed by atoms with Crippen LogP contribution in [-0.2, 0) is 102 Å². The molecular formula is C50H68Fe2N6O18S4+4. The molecule has 442 valence electrons. The molecule has 0 unspecified atom stereocenters. The van der Waals surface area contributed by atoms with Gasteiger partial charge in [0.15, 0.2) is 19.7 Å². The third kappa shape index (κ3) is 39.7. The molecule has 24 nitrogen and oxygen atoms in total. The number of amides is 4. The Kier molecular flexibility index (Phi) is 44.1. The number of hydrogen-bond donors (Lipinski definition) is 10. The minimum absolute atomic E-state index is 0. The molecule has 0 saturated heterocycles. The maximum atomic E-state index is 12.9. The van der Waals surface area contributed by atoms with Crippen molar-refractivity contribution in [3.05, 3.63) is 127 Å². The minimum atomic E-state index is -3.63. The van der Waals surface area contributed by atoms with Gasteiger partial charge in [0.2, 0.25) is 23.6 Å². The van der Waals surface area contributed by atoms with Gasteiger partial charge in [0.25, 0.3) is 0 Å². The first-order valence-corrected chi connectivity index (χ1v) is 30.3. The van der Waals surface area contributed by atoms with Gasteiger partial charge in [-0.15, -0.1) is 0 Å². The molecular weight excluding hydrogens is 1210 g/mol. The van der Waals surface area contributed by atoms with Crippen molar-refractivity contribution in [2.45, 2.75) is 49.9 Å². The van der Waals surface area contributed by atoms with Crippen LogP contribution in [0, 0.1) is 127 Å². The van der Waals surface area contributed by atoms with Crippen LogP contribution in [0.3, 0.4) is 0 Å². The number of carboxylic acid groups (broad SMARTS) is 4. The van der Waals surface area contributed by atoms with Gasteiger partial charge in [-0.05, 0) is 128 Å². The van der Waals surface area contributed by atoms with Crippen molar-refractivity contribution in [3.63, 3.8) is 0 Å². The third-order valence-electron chi connectivity index (χ3n) is 10.4. The largest absolute Gasteiger partial charge is 2.00 e. The number of carboxylic acids is 4. The van der Waals surface area contributed by atoms with Gasteiger partial charge >= 0.3 is 58.0 Å². The number of sulfone groups is 2. The molecule has 0 bridgehead atoms. The maximum absolute atomic E-state index is 12.9. The summed E-state index contributed by atoms with van der Waals surface area (Å²) < 4.78 is 60.5. The van der Waals surface area contributed by atoms with Crippen molar-refractivity contribution < 1.29 is 119 Å². The van der Waals surface area contributed by atoms with E-state index in [1.54, 1.807) is 0 Å². The van der Waals surface area contributed by atoms with E-state index in [9.17, 15) is 65.4 Å². The molecule has 4 amide bonds. The van der Waals surface area contributed by atoms with E-state index in [-0.39, 0.29) is 110 Å². The Bertz CT molecular complexity index is 1890. The van der Waals surface area contributed by atoms with E-state index in [1.165, 1.54) is 0 Å². The zero-order valence-electron chi connectivity index (χ0n) is 43.3. The third-order valence-corrected chi connectivity index (χ3v) is 16.0. The number of carbonyl (C=O) groups is 8. The Morgan fingerprint density at radius 3 is 1.06 bits per heavy atom. The van der Waals surface area contributed by atoms with Crippen LogP contribution in [0.2, 0.25) is 0 Å². The van der Waals surface area contributed by atoms with Gasteiger partial charge in [-0.1, -0.05) is 21.6 Å². The molecule has 0 aliphatic heterocycles. The topological polar surface area (TPSA) is 376 Å². The van der Waals surface area contributed by atoms with E-state index in [0.29, 0.717) is 0 Å². The Morgan fingerprint density at radius 1 is 0.463 bits per heavy atom. The number of aliphatic carboxylic acids is 4. The number of carbonyl (C=O) groups excluding carboxylic acids is 4. The SMILES string of the molecule is O=C(O)CNC(=O)[C@H](CSSC[C@H](NC(=O)CC[C@H](NCCS(=O)(=O)CCOC[C]1[CH][CH][CH][CH]1)C(=O)O)C(=O)NCC(=O)O)NC(=O)CC[C@H](NCCS(=O)(=O)CCOC[C]1[CH][CH][CH][CH]1)C(=O)O.[CH]1[CH][CH][CH][CH]1.[CH]1[CH][CH][CH][CH]1.[Fe+2].[Fe+2]. The van der Waals surface area contributed by atoms with Crippen LogP contribution < -0.4 is 31.9 Å². The van der Waals surface area contributed by atoms with Gasteiger partial charge in [0.05, 0.1) is 49.4 Å². The number of hydrogen-bond acceptors (Lipinski definition) is 18. The summed E-state index contributed by atoms with van der Waals surface area (Å²) in [4.78, 5) is 97.6. The summed E-state index contributed by atoms with van der Waals surface area (Å²) in [6.45, 7) is -1.84. The zero-order valence-corrected chi connectivity index (χ0v) is 48.7. The fraction of sp³-hybridized carbons (Fsp3) is 0.440. The van der Waals surface area contributed by atoms with E-state index >= 15 is 0 Å². The second kappa shape index (κ2) is 45.6. The Hall–Kier alpha value is -2.76. The van der Waals surface area contributed by atoms with Crippen LogP contribution in [0.1, 0.15) is 25.7 Å². The predicted octanol–water partition coefficient (Wildman–Crippen LogP) is -0.904. The molecule has 4 saturated carbocycles. The monoisotopic (exact) mass is 1280 g/mol. The Morgan fingerprint density at radius 2 is 0.775 bits per heavy atom. The molecule has 20 radical (unpaired) electrons. The van der Waals surface area contributed by atoms with Crippen molar-refractivity contribution in [2.24, 2.45) is 0 Å². The molecule has 80 heavy (non-hydrogen) atoms.